The van der Waals surface area contributed by atoms with E-state index in [0.29, 0.717) is 5.69 Å². The van der Waals surface area contributed by atoms with Crippen LogP contribution >= 0.6 is 0 Å². The summed E-state index contributed by atoms with van der Waals surface area (Å²) >= 11 is 0. The third-order valence-electron chi connectivity index (χ3n) is 1.88. The highest BCUT2D eigenvalue weighted by molar-refractivity contribution is 6.03. The molecule has 1 aromatic rings. The fraction of sp³-hybridized carbons (Fsp3) is 0.231. The number of benzene rings is 1. The number of rotatable bonds is 5. The van der Waals surface area contributed by atoms with Gasteiger partial charge in [-0.3, -0.25) is 4.79 Å². The number of anilines is 1. The van der Waals surface area contributed by atoms with Crippen LogP contribution in [0.2, 0.25) is 0 Å². The van der Waals surface area contributed by atoms with Gasteiger partial charge < -0.3 is 15.2 Å². The minimum absolute atomic E-state index is 0.308. The molecule has 18 heavy (non-hydrogen) atoms. The number of carboxylic acid groups (broad SMARTS) is 1. The molecule has 0 saturated carbocycles. The maximum atomic E-state index is 11.6. The van der Waals surface area contributed by atoms with Gasteiger partial charge in [0, 0.05) is 5.69 Å². The molecule has 0 spiro atoms. The molecule has 0 radical (unpaired) electrons. The Bertz CT molecular complexity index is 451. The molecule has 0 saturated heterocycles. The fourth-order valence-corrected chi connectivity index (χ4v) is 1.22. The van der Waals surface area contributed by atoms with Crippen LogP contribution in [0.25, 0.3) is 0 Å². The Balaban J connectivity index is 2.73. The van der Waals surface area contributed by atoms with Crippen LogP contribution in [-0.2, 0) is 14.3 Å². The molecule has 0 fully saturated rings. The molecule has 2 N–H and O–H groups in total. The average Bonchev–Trinajstić information content (AvgIpc) is 2.28. The number of carboxylic acids is 1. The SMILES string of the molecule is CC(C)O/C(=C\C(=O)Nc1ccccc1)C(=O)O. The summed E-state index contributed by atoms with van der Waals surface area (Å²) in [5.74, 6) is -2.19. The third-order valence-corrected chi connectivity index (χ3v) is 1.88. The van der Waals surface area contributed by atoms with E-state index in [1.807, 2.05) is 6.07 Å². The second-order valence-corrected chi connectivity index (χ2v) is 3.84. The van der Waals surface area contributed by atoms with Crippen molar-refractivity contribution in [2.75, 3.05) is 5.32 Å². The van der Waals surface area contributed by atoms with Crippen molar-refractivity contribution in [3.05, 3.63) is 42.2 Å². The number of carbonyl (C=O) groups is 2. The van der Waals surface area contributed by atoms with Gasteiger partial charge in [0.2, 0.25) is 5.76 Å². The topological polar surface area (TPSA) is 75.6 Å². The molecule has 5 nitrogen and oxygen atoms in total. The molecule has 0 heterocycles. The van der Waals surface area contributed by atoms with Crippen molar-refractivity contribution in [3.63, 3.8) is 0 Å². The van der Waals surface area contributed by atoms with Gasteiger partial charge in [-0.15, -0.1) is 0 Å². The van der Waals surface area contributed by atoms with E-state index < -0.39 is 11.9 Å². The van der Waals surface area contributed by atoms with Crippen molar-refractivity contribution in [2.24, 2.45) is 0 Å². The number of hydrogen-bond donors (Lipinski definition) is 2. The zero-order chi connectivity index (χ0) is 13.5. The molecule has 0 bridgehead atoms. The first-order chi connectivity index (χ1) is 8.49. The van der Waals surface area contributed by atoms with Crippen molar-refractivity contribution in [2.45, 2.75) is 20.0 Å². The summed E-state index contributed by atoms with van der Waals surface area (Å²) in [6, 6.07) is 8.76. The first-order valence-electron chi connectivity index (χ1n) is 5.46. The van der Waals surface area contributed by atoms with Crippen LogP contribution in [0.1, 0.15) is 13.8 Å². The Hall–Kier alpha value is -2.30. The van der Waals surface area contributed by atoms with E-state index in [9.17, 15) is 9.59 Å². The van der Waals surface area contributed by atoms with Gasteiger partial charge in [-0.1, -0.05) is 18.2 Å². The molecular weight excluding hydrogens is 234 g/mol. The number of carbonyl (C=O) groups excluding carboxylic acids is 1. The van der Waals surface area contributed by atoms with E-state index in [2.05, 4.69) is 5.32 Å². The predicted octanol–water partition coefficient (Wildman–Crippen LogP) is 2.02. The van der Waals surface area contributed by atoms with Crippen LogP contribution in [0.3, 0.4) is 0 Å². The second kappa shape index (κ2) is 6.44. The zero-order valence-corrected chi connectivity index (χ0v) is 10.2. The minimum Gasteiger partial charge on any atom is -0.484 e. The Morgan fingerprint density at radius 2 is 1.89 bits per heavy atom. The van der Waals surface area contributed by atoms with Crippen LogP contribution in [0, 0.1) is 0 Å². The van der Waals surface area contributed by atoms with Gasteiger partial charge in [-0.05, 0) is 26.0 Å². The molecular formula is C13H15NO4. The van der Waals surface area contributed by atoms with Crippen LogP contribution in [0.4, 0.5) is 5.69 Å². The number of aliphatic carboxylic acids is 1. The first kappa shape index (κ1) is 13.8. The van der Waals surface area contributed by atoms with E-state index in [1.54, 1.807) is 38.1 Å². The lowest BCUT2D eigenvalue weighted by molar-refractivity contribution is -0.137. The number of ether oxygens (including phenoxy) is 1. The van der Waals surface area contributed by atoms with Gasteiger partial charge >= 0.3 is 5.97 Å². The number of hydrogen-bond acceptors (Lipinski definition) is 3. The molecule has 96 valence electrons. The smallest absolute Gasteiger partial charge is 0.371 e. The fourth-order valence-electron chi connectivity index (χ4n) is 1.22. The summed E-state index contributed by atoms with van der Waals surface area (Å²) in [7, 11) is 0. The Labute approximate surface area is 105 Å². The normalized spacial score (nSPS) is 11.2. The van der Waals surface area contributed by atoms with E-state index >= 15 is 0 Å². The summed E-state index contributed by atoms with van der Waals surface area (Å²) in [4.78, 5) is 22.4. The molecule has 5 heteroatoms. The second-order valence-electron chi connectivity index (χ2n) is 3.84. The number of para-hydroxylation sites is 1. The summed E-state index contributed by atoms with van der Waals surface area (Å²) < 4.78 is 5.02. The molecule has 0 aliphatic rings. The van der Waals surface area contributed by atoms with Gasteiger partial charge in [0.25, 0.3) is 5.91 Å². The van der Waals surface area contributed by atoms with E-state index in [-0.39, 0.29) is 11.9 Å². The van der Waals surface area contributed by atoms with Crippen LogP contribution in [-0.4, -0.2) is 23.1 Å². The summed E-state index contributed by atoms with van der Waals surface area (Å²) in [5.41, 5.74) is 0.591. The van der Waals surface area contributed by atoms with Crippen molar-refractivity contribution in [3.8, 4) is 0 Å². The van der Waals surface area contributed by atoms with Gasteiger partial charge in [-0.2, -0.15) is 0 Å². The lowest BCUT2D eigenvalue weighted by Gasteiger charge is -2.09. The largest absolute Gasteiger partial charge is 0.484 e. The Kier molecular flexibility index (Phi) is 4.92. The average molecular weight is 249 g/mol. The van der Waals surface area contributed by atoms with Crippen molar-refractivity contribution >= 4 is 17.6 Å². The summed E-state index contributed by atoms with van der Waals surface area (Å²) in [6.45, 7) is 3.37. The molecule has 1 amide bonds. The standard InChI is InChI=1S/C13H15NO4/c1-9(2)18-11(13(16)17)8-12(15)14-10-6-4-3-5-7-10/h3-9H,1-2H3,(H,14,15)(H,16,17)/b11-8-. The van der Waals surface area contributed by atoms with Crippen molar-refractivity contribution in [1.29, 1.82) is 0 Å². The maximum absolute atomic E-state index is 11.6. The van der Waals surface area contributed by atoms with Gasteiger partial charge in [0.1, 0.15) is 0 Å². The van der Waals surface area contributed by atoms with Crippen LogP contribution in [0.5, 0.6) is 0 Å². The number of nitrogens with one attached hydrogen (secondary N) is 1. The summed E-state index contributed by atoms with van der Waals surface area (Å²) in [6.07, 6.45) is 0.617. The minimum atomic E-state index is -1.27. The highest BCUT2D eigenvalue weighted by Gasteiger charge is 2.13. The van der Waals surface area contributed by atoms with Gasteiger partial charge in [0.15, 0.2) is 0 Å². The van der Waals surface area contributed by atoms with Crippen LogP contribution < -0.4 is 5.32 Å². The molecule has 0 atom stereocenters. The van der Waals surface area contributed by atoms with E-state index in [0.717, 1.165) is 6.08 Å². The van der Waals surface area contributed by atoms with Gasteiger partial charge in [0.05, 0.1) is 12.2 Å². The molecule has 0 aliphatic heterocycles. The highest BCUT2D eigenvalue weighted by Crippen LogP contribution is 2.07. The molecule has 0 aromatic heterocycles. The van der Waals surface area contributed by atoms with E-state index in [1.165, 1.54) is 0 Å². The van der Waals surface area contributed by atoms with Gasteiger partial charge in [-0.25, -0.2) is 4.79 Å². The summed E-state index contributed by atoms with van der Waals surface area (Å²) in [5, 5.41) is 11.4. The monoisotopic (exact) mass is 249 g/mol. The molecule has 0 unspecified atom stereocenters. The third kappa shape index (κ3) is 4.69. The molecule has 1 rings (SSSR count). The zero-order valence-electron chi connectivity index (χ0n) is 10.2. The molecule has 0 aliphatic carbocycles. The Morgan fingerprint density at radius 1 is 1.28 bits per heavy atom. The highest BCUT2D eigenvalue weighted by atomic mass is 16.5. The predicted molar refractivity (Wildman–Crippen MR) is 67.0 cm³/mol. The number of amides is 1. The lowest BCUT2D eigenvalue weighted by Crippen LogP contribution is -2.15. The quantitative estimate of drug-likeness (QED) is 0.618. The van der Waals surface area contributed by atoms with Crippen LogP contribution in [0.15, 0.2) is 42.2 Å². The lowest BCUT2D eigenvalue weighted by atomic mass is 10.3. The Morgan fingerprint density at radius 3 is 2.39 bits per heavy atom. The molecule has 1 aromatic carbocycles. The van der Waals surface area contributed by atoms with Crippen molar-refractivity contribution in [1.82, 2.24) is 0 Å². The maximum Gasteiger partial charge on any atom is 0.371 e. The van der Waals surface area contributed by atoms with Crippen molar-refractivity contribution < 1.29 is 19.4 Å². The van der Waals surface area contributed by atoms with E-state index in [4.69, 9.17) is 9.84 Å². The first-order valence-corrected chi connectivity index (χ1v) is 5.46.